The van der Waals surface area contributed by atoms with E-state index in [1.807, 2.05) is 48.7 Å². The molecule has 3 aromatic rings. The summed E-state index contributed by atoms with van der Waals surface area (Å²) < 4.78 is 0. The van der Waals surface area contributed by atoms with Gasteiger partial charge in [0.1, 0.15) is 5.03 Å². The molecule has 6 heteroatoms. The molecule has 0 bridgehead atoms. The maximum atomic E-state index is 12.7. The molecule has 1 N–H and O–H groups in total. The third-order valence-electron chi connectivity index (χ3n) is 4.32. The number of carbonyl (C=O) groups excluding carboxylic acids is 1. The summed E-state index contributed by atoms with van der Waals surface area (Å²) in [5.74, 6) is 0.938. The maximum absolute atomic E-state index is 12.7. The number of thioether (sulfide) groups is 1. The van der Waals surface area contributed by atoms with E-state index in [1.54, 1.807) is 11.8 Å². The highest BCUT2D eigenvalue weighted by atomic mass is 32.2. The van der Waals surface area contributed by atoms with Crippen molar-refractivity contribution in [2.45, 2.75) is 18.4 Å². The van der Waals surface area contributed by atoms with Crippen LogP contribution in [0.25, 0.3) is 0 Å². The van der Waals surface area contributed by atoms with E-state index in [0.29, 0.717) is 0 Å². The lowest BCUT2D eigenvalue weighted by Crippen LogP contribution is -2.23. The van der Waals surface area contributed by atoms with Crippen molar-refractivity contribution in [1.29, 1.82) is 0 Å². The summed E-state index contributed by atoms with van der Waals surface area (Å²) in [5.41, 5.74) is 3.15. The Hall–Kier alpha value is -2.31. The van der Waals surface area contributed by atoms with Gasteiger partial charge in [0.2, 0.25) is 0 Å². The highest BCUT2D eigenvalue weighted by Gasteiger charge is 2.22. The van der Waals surface area contributed by atoms with Crippen LogP contribution in [0.4, 0.5) is 16.4 Å². The minimum Gasteiger partial charge on any atom is -0.330 e. The van der Waals surface area contributed by atoms with Crippen LogP contribution in [0.15, 0.2) is 59.8 Å². The first-order chi connectivity index (χ1) is 12.8. The Morgan fingerprint density at radius 1 is 1.19 bits per heavy atom. The smallest absolute Gasteiger partial charge is 0.265 e. The second-order valence-electron chi connectivity index (χ2n) is 5.93. The van der Waals surface area contributed by atoms with Gasteiger partial charge in [-0.1, -0.05) is 25.1 Å². The number of nitrogens with zero attached hydrogens (tertiary/aromatic N) is 2. The molecule has 0 unspecified atom stereocenters. The van der Waals surface area contributed by atoms with Gasteiger partial charge in [0.05, 0.1) is 15.6 Å². The number of para-hydroxylation sites is 1. The SMILES string of the molecule is CCc1ccccc1NC(=O)c1ccc(N2CCSc3ncccc32)s1. The molecule has 0 radical (unpaired) electrons. The average molecular weight is 382 g/mol. The Bertz CT molecular complexity index is 938. The van der Waals surface area contributed by atoms with Crippen molar-refractivity contribution in [3.8, 4) is 0 Å². The predicted octanol–water partition coefficient (Wildman–Crippen LogP) is 5.20. The Morgan fingerprint density at radius 2 is 2.08 bits per heavy atom. The molecular formula is C20H19N3OS2. The van der Waals surface area contributed by atoms with Gasteiger partial charge in [-0.2, -0.15) is 0 Å². The number of hydrogen-bond donors (Lipinski definition) is 1. The molecule has 0 saturated carbocycles. The fourth-order valence-corrected chi connectivity index (χ4v) is 4.88. The molecule has 0 saturated heterocycles. The molecule has 1 aliphatic heterocycles. The molecule has 26 heavy (non-hydrogen) atoms. The Labute approximate surface area is 161 Å². The van der Waals surface area contributed by atoms with Crippen LogP contribution in [-0.2, 0) is 6.42 Å². The molecule has 2 aromatic heterocycles. The maximum Gasteiger partial charge on any atom is 0.265 e. The van der Waals surface area contributed by atoms with Gasteiger partial charge in [-0.05, 0) is 42.3 Å². The lowest BCUT2D eigenvalue weighted by Gasteiger charge is -2.28. The molecular weight excluding hydrogens is 362 g/mol. The summed E-state index contributed by atoms with van der Waals surface area (Å²) >= 11 is 3.30. The van der Waals surface area contributed by atoms with Crippen molar-refractivity contribution in [2.24, 2.45) is 0 Å². The first-order valence-corrected chi connectivity index (χ1v) is 10.4. The van der Waals surface area contributed by atoms with E-state index in [0.717, 1.165) is 50.6 Å². The van der Waals surface area contributed by atoms with Crippen molar-refractivity contribution in [3.63, 3.8) is 0 Å². The van der Waals surface area contributed by atoms with E-state index in [4.69, 9.17) is 0 Å². The minimum atomic E-state index is -0.0556. The second kappa shape index (κ2) is 7.51. The van der Waals surface area contributed by atoms with Crippen LogP contribution in [0.1, 0.15) is 22.2 Å². The lowest BCUT2D eigenvalue weighted by molar-refractivity contribution is 0.103. The molecule has 0 fully saturated rings. The monoisotopic (exact) mass is 381 g/mol. The molecule has 1 amide bonds. The third kappa shape index (κ3) is 3.34. The van der Waals surface area contributed by atoms with Gasteiger partial charge in [0.15, 0.2) is 0 Å². The summed E-state index contributed by atoms with van der Waals surface area (Å²) in [6.45, 7) is 3.01. The largest absolute Gasteiger partial charge is 0.330 e. The number of benzene rings is 1. The number of hydrogen-bond acceptors (Lipinski definition) is 5. The third-order valence-corrected chi connectivity index (χ3v) is 6.41. The molecule has 132 valence electrons. The minimum absolute atomic E-state index is 0.0556. The van der Waals surface area contributed by atoms with E-state index in [9.17, 15) is 4.79 Å². The molecule has 4 nitrogen and oxygen atoms in total. The molecule has 1 aromatic carbocycles. The molecule has 0 atom stereocenters. The van der Waals surface area contributed by atoms with Crippen molar-refractivity contribution in [2.75, 3.05) is 22.5 Å². The first kappa shape index (κ1) is 17.1. The molecule has 0 spiro atoms. The molecule has 1 aliphatic rings. The number of amides is 1. The zero-order chi connectivity index (χ0) is 17.9. The van der Waals surface area contributed by atoms with Crippen molar-refractivity contribution in [1.82, 2.24) is 4.98 Å². The number of pyridine rings is 1. The van der Waals surface area contributed by atoms with Gasteiger partial charge in [-0.3, -0.25) is 4.79 Å². The lowest BCUT2D eigenvalue weighted by atomic mass is 10.1. The number of nitrogens with one attached hydrogen (secondary N) is 1. The fourth-order valence-electron chi connectivity index (χ4n) is 3.01. The van der Waals surface area contributed by atoms with Crippen LogP contribution in [-0.4, -0.2) is 23.2 Å². The fraction of sp³-hybridized carbons (Fsp3) is 0.200. The van der Waals surface area contributed by atoms with Crippen LogP contribution < -0.4 is 10.2 Å². The highest BCUT2D eigenvalue weighted by molar-refractivity contribution is 7.99. The van der Waals surface area contributed by atoms with Crippen LogP contribution >= 0.6 is 23.1 Å². The Morgan fingerprint density at radius 3 is 2.96 bits per heavy atom. The normalized spacial score (nSPS) is 13.3. The predicted molar refractivity (Wildman–Crippen MR) is 110 cm³/mol. The van der Waals surface area contributed by atoms with Gasteiger partial charge in [-0.15, -0.1) is 23.1 Å². The van der Waals surface area contributed by atoms with Crippen molar-refractivity contribution < 1.29 is 4.79 Å². The summed E-state index contributed by atoms with van der Waals surface area (Å²) in [7, 11) is 0. The van der Waals surface area contributed by atoms with Crippen LogP contribution in [0.5, 0.6) is 0 Å². The Balaban J connectivity index is 1.56. The van der Waals surface area contributed by atoms with E-state index >= 15 is 0 Å². The van der Waals surface area contributed by atoms with Crippen LogP contribution in [0.3, 0.4) is 0 Å². The van der Waals surface area contributed by atoms with Gasteiger partial charge >= 0.3 is 0 Å². The summed E-state index contributed by atoms with van der Waals surface area (Å²) in [5, 5.41) is 5.18. The number of rotatable bonds is 4. The number of fused-ring (bicyclic) bond motifs is 1. The van der Waals surface area contributed by atoms with Crippen molar-refractivity contribution in [3.05, 3.63) is 65.2 Å². The standard InChI is InChI=1S/C20H19N3OS2/c1-2-14-6-3-4-7-15(14)22-19(24)17-9-10-18(26-17)23-12-13-25-20-16(23)8-5-11-21-20/h3-11H,2,12-13H2,1H3,(H,22,24). The second-order valence-corrected chi connectivity index (χ2v) is 8.08. The zero-order valence-electron chi connectivity index (χ0n) is 14.4. The Kier molecular flexibility index (Phi) is 4.95. The van der Waals surface area contributed by atoms with Gasteiger partial charge in [0.25, 0.3) is 5.91 Å². The summed E-state index contributed by atoms with van der Waals surface area (Å²) in [6.07, 6.45) is 2.72. The van der Waals surface area contributed by atoms with Gasteiger partial charge in [0, 0.05) is 24.2 Å². The van der Waals surface area contributed by atoms with Gasteiger partial charge in [-0.25, -0.2) is 4.98 Å². The first-order valence-electron chi connectivity index (χ1n) is 8.60. The van der Waals surface area contributed by atoms with Crippen LogP contribution in [0.2, 0.25) is 0 Å². The quantitative estimate of drug-likeness (QED) is 0.674. The van der Waals surface area contributed by atoms with E-state index < -0.39 is 0 Å². The number of carbonyl (C=O) groups is 1. The average Bonchev–Trinajstić information content (AvgIpc) is 3.18. The topological polar surface area (TPSA) is 45.2 Å². The highest BCUT2D eigenvalue weighted by Crippen LogP contribution is 2.40. The molecule has 0 aliphatic carbocycles. The number of thiophene rings is 1. The van der Waals surface area contributed by atoms with E-state index in [2.05, 4.69) is 28.2 Å². The molecule has 3 heterocycles. The van der Waals surface area contributed by atoms with E-state index in [-0.39, 0.29) is 5.91 Å². The number of aryl methyl sites for hydroxylation is 1. The summed E-state index contributed by atoms with van der Waals surface area (Å²) in [6, 6.07) is 15.9. The van der Waals surface area contributed by atoms with Gasteiger partial charge < -0.3 is 10.2 Å². The van der Waals surface area contributed by atoms with Crippen LogP contribution in [0, 0.1) is 0 Å². The van der Waals surface area contributed by atoms with E-state index in [1.165, 1.54) is 11.3 Å². The number of aromatic nitrogens is 1. The molecule has 4 rings (SSSR count). The van der Waals surface area contributed by atoms with Crippen molar-refractivity contribution >= 4 is 45.4 Å². The summed E-state index contributed by atoms with van der Waals surface area (Å²) in [4.78, 5) is 20.1. The number of anilines is 3. The zero-order valence-corrected chi connectivity index (χ0v) is 16.1.